The molecule has 0 unspecified atom stereocenters. The summed E-state index contributed by atoms with van der Waals surface area (Å²) in [6.07, 6.45) is -0.478. The van der Waals surface area contributed by atoms with Gasteiger partial charge in [0.1, 0.15) is 0 Å². The first-order chi connectivity index (χ1) is 3.39. The fourth-order valence-electron chi connectivity index (χ4n) is 0.0757. The van der Waals surface area contributed by atoms with Crippen LogP contribution in [0.5, 0.6) is 0 Å². The number of hydrogen-bond acceptors (Lipinski definition) is 4. The summed E-state index contributed by atoms with van der Waals surface area (Å²) in [5.41, 5.74) is 0. The van der Waals surface area contributed by atoms with Crippen LogP contribution in [0.2, 0.25) is 0 Å². The van der Waals surface area contributed by atoms with Crippen LogP contribution in [-0.2, 0) is 21.9 Å². The minimum atomic E-state index is -1.16. The van der Waals surface area contributed by atoms with E-state index in [1.54, 1.807) is 0 Å². The normalized spacial score (nSPS) is 14.3. The Morgan fingerprint density at radius 3 is 1.86 bits per heavy atom. The second-order valence-corrected chi connectivity index (χ2v) is 2.77. The molecule has 0 aliphatic carbocycles. The van der Waals surface area contributed by atoms with Gasteiger partial charge in [-0.2, -0.15) is 0 Å². The molecule has 1 fully saturated rings. The van der Waals surface area contributed by atoms with Crippen LogP contribution in [0.4, 0.5) is 4.79 Å². The van der Waals surface area contributed by atoms with E-state index in [0.29, 0.717) is 0 Å². The summed E-state index contributed by atoms with van der Waals surface area (Å²) in [4.78, 5) is 9.50. The summed E-state index contributed by atoms with van der Waals surface area (Å²) in [6.45, 7) is 0. The van der Waals surface area contributed by atoms with Gasteiger partial charge in [-0.1, -0.05) is 0 Å². The third-order valence-electron chi connectivity index (χ3n) is 0.250. The van der Waals surface area contributed by atoms with E-state index >= 15 is 0 Å². The Morgan fingerprint density at radius 1 is 1.57 bits per heavy atom. The van der Waals surface area contributed by atoms with Crippen LogP contribution in [0.15, 0.2) is 0 Å². The summed E-state index contributed by atoms with van der Waals surface area (Å²) >= 11 is -0.206. The Balaban J connectivity index is 0.000000162. The third kappa shape index (κ3) is 3.60. The Labute approximate surface area is 67.5 Å². The average Bonchev–Trinajstić information content (AvgIpc) is 1.68. The van der Waals surface area contributed by atoms with Crippen LogP contribution in [0.1, 0.15) is 0 Å². The van der Waals surface area contributed by atoms with Gasteiger partial charge in [-0.3, -0.25) is 0 Å². The minimum absolute atomic E-state index is 0.478. The van der Waals surface area contributed by atoms with Crippen molar-refractivity contribution in [3.63, 3.8) is 0 Å². The van der Waals surface area contributed by atoms with Crippen molar-refractivity contribution in [3.8, 4) is 0 Å². The van der Waals surface area contributed by atoms with Gasteiger partial charge in [0, 0.05) is 0 Å². The van der Waals surface area contributed by atoms with Crippen molar-refractivity contribution in [2.24, 2.45) is 0 Å². The van der Waals surface area contributed by atoms with E-state index in [4.69, 9.17) is 0 Å². The number of carbonyl (C=O) groups is 1. The molecule has 0 N–H and O–H groups in total. The fourth-order valence-corrected chi connectivity index (χ4v) is 0.664. The van der Waals surface area contributed by atoms with E-state index in [2.05, 4.69) is 15.5 Å². The molecule has 2 radical (unpaired) electrons. The SMILES string of the molecule is O=C1[O][Pb][O]1.[S]=[Zn]. The van der Waals surface area contributed by atoms with Gasteiger partial charge in [-0.05, 0) is 0 Å². The molecule has 3 nitrogen and oxygen atoms in total. The second kappa shape index (κ2) is 5.18. The van der Waals surface area contributed by atoms with Gasteiger partial charge in [0.05, 0.1) is 0 Å². The van der Waals surface area contributed by atoms with Gasteiger partial charge in [-0.25, -0.2) is 0 Å². The van der Waals surface area contributed by atoms with E-state index in [1.165, 1.54) is 0 Å². The van der Waals surface area contributed by atoms with Crippen LogP contribution in [0.3, 0.4) is 0 Å². The Hall–Kier alpha value is 1.04. The van der Waals surface area contributed by atoms with E-state index in [1.807, 2.05) is 0 Å². The molecule has 0 saturated carbocycles. The Kier molecular flexibility index (Phi) is 5.94. The number of rotatable bonds is 0. The van der Waals surface area contributed by atoms with Crippen LogP contribution in [0, 0.1) is 0 Å². The Morgan fingerprint density at radius 2 is 1.86 bits per heavy atom. The summed E-state index contributed by atoms with van der Waals surface area (Å²) < 4.78 is 8.53. The molecule has 0 aromatic rings. The van der Waals surface area contributed by atoms with Crippen molar-refractivity contribution in [1.82, 2.24) is 0 Å². The topological polar surface area (TPSA) is 35.5 Å². The van der Waals surface area contributed by atoms with E-state index in [9.17, 15) is 4.79 Å². The first-order valence-electron chi connectivity index (χ1n) is 1.31. The van der Waals surface area contributed by atoms with Gasteiger partial charge in [-0.15, -0.1) is 0 Å². The molecule has 6 heteroatoms. The molecule has 0 atom stereocenters. The van der Waals surface area contributed by atoms with Gasteiger partial charge in [0.15, 0.2) is 0 Å². The van der Waals surface area contributed by atoms with E-state index < -0.39 is 31.3 Å². The standard InChI is InChI=1S/CH2O3.Pb.S.Zn/c2-1(3)4;;;/h(H2,2,3,4);;;/q;+2;;/p-2. The first-order valence-corrected chi connectivity index (χ1v) is 8.69. The molecule has 0 aromatic carbocycles. The zero-order chi connectivity index (χ0) is 5.70. The molecule has 1 aliphatic rings. The van der Waals surface area contributed by atoms with Gasteiger partial charge in [0.2, 0.25) is 0 Å². The summed E-state index contributed by atoms with van der Waals surface area (Å²) in [6, 6.07) is 0. The summed E-state index contributed by atoms with van der Waals surface area (Å²) in [5.74, 6) is 0. The van der Waals surface area contributed by atoms with Crippen molar-refractivity contribution in [3.05, 3.63) is 0 Å². The zero-order valence-electron chi connectivity index (χ0n) is 3.34. The molecule has 0 spiro atoms. The number of hydrogen-bond donors (Lipinski definition) is 0. The first kappa shape index (κ1) is 8.04. The van der Waals surface area contributed by atoms with Crippen molar-refractivity contribution in [2.45, 2.75) is 0 Å². The predicted octanol–water partition coefficient (Wildman–Crippen LogP) is 0.333. The van der Waals surface area contributed by atoms with Crippen LogP contribution >= 0.6 is 10.1 Å². The van der Waals surface area contributed by atoms with Crippen LogP contribution < -0.4 is 0 Å². The molecular formula is CO3PbSZn. The maximum atomic E-state index is 9.50. The molecule has 1 rings (SSSR count). The molecular weight excluding hydrogens is 365 g/mol. The average molecular weight is 365 g/mol. The molecule has 7 heavy (non-hydrogen) atoms. The van der Waals surface area contributed by atoms with Gasteiger partial charge < -0.3 is 0 Å². The van der Waals surface area contributed by atoms with Gasteiger partial charge in [0.25, 0.3) is 0 Å². The molecule has 34 valence electrons. The summed E-state index contributed by atoms with van der Waals surface area (Å²) in [5, 5.41) is 0. The van der Waals surface area contributed by atoms with Crippen molar-refractivity contribution >= 4 is 41.4 Å². The molecule has 1 aliphatic heterocycles. The predicted molar refractivity (Wildman–Crippen MR) is 20.9 cm³/mol. The Bertz CT molecular complexity index is 71.3. The van der Waals surface area contributed by atoms with Crippen molar-refractivity contribution in [1.29, 1.82) is 0 Å². The quantitative estimate of drug-likeness (QED) is 0.581. The zero-order valence-corrected chi connectivity index (χ0v) is 11.0. The number of carbonyl (C=O) groups excluding carboxylic acids is 1. The fraction of sp³-hybridized carbons (Fsp3) is 0. The van der Waals surface area contributed by atoms with Crippen LogP contribution in [-0.4, -0.2) is 31.3 Å². The summed E-state index contributed by atoms with van der Waals surface area (Å²) in [7, 11) is 4.21. The van der Waals surface area contributed by atoms with Crippen molar-refractivity contribution in [2.75, 3.05) is 0 Å². The molecule has 0 bridgehead atoms. The van der Waals surface area contributed by atoms with E-state index in [-0.39, 0.29) is 0 Å². The molecule has 1 saturated heterocycles. The second-order valence-electron chi connectivity index (χ2n) is 0.537. The molecule has 1 heterocycles. The third-order valence-corrected chi connectivity index (χ3v) is 2.19. The van der Waals surface area contributed by atoms with Crippen LogP contribution in [0.25, 0.3) is 0 Å². The monoisotopic (exact) mass is 364 g/mol. The molecule has 0 aromatic heterocycles. The van der Waals surface area contributed by atoms with E-state index in [0.717, 1.165) is 16.6 Å². The van der Waals surface area contributed by atoms with Crippen molar-refractivity contribution < 1.29 is 26.7 Å². The van der Waals surface area contributed by atoms with Gasteiger partial charge >= 0.3 is 68.1 Å². The maximum absolute atomic E-state index is 9.50. The molecule has 0 amide bonds.